The minimum absolute atomic E-state index is 0.341. The van der Waals surface area contributed by atoms with Gasteiger partial charge in [-0.3, -0.25) is 0 Å². The molecule has 17 heavy (non-hydrogen) atoms. The van der Waals surface area contributed by atoms with Gasteiger partial charge in [0.2, 0.25) is 0 Å². The van der Waals surface area contributed by atoms with Crippen LogP contribution in [0.3, 0.4) is 0 Å². The van der Waals surface area contributed by atoms with Crippen LogP contribution in [0.1, 0.15) is 33.1 Å². The standard InChI is InChI=1S/C14H20ClNO/c1-14(2)8-4-5-13(14)16-11-9-10(15)6-7-12(11)17-3/h6-7,9,13,16H,4-5,8H2,1-3H3. The Labute approximate surface area is 108 Å². The molecule has 1 N–H and O–H groups in total. The van der Waals surface area contributed by atoms with Gasteiger partial charge in [-0.25, -0.2) is 0 Å². The van der Waals surface area contributed by atoms with E-state index in [1.54, 1.807) is 7.11 Å². The van der Waals surface area contributed by atoms with Gasteiger partial charge in [-0.1, -0.05) is 31.9 Å². The highest BCUT2D eigenvalue weighted by Gasteiger charge is 2.34. The van der Waals surface area contributed by atoms with Crippen molar-refractivity contribution in [1.29, 1.82) is 0 Å². The highest BCUT2D eigenvalue weighted by atomic mass is 35.5. The highest BCUT2D eigenvalue weighted by Crippen LogP contribution is 2.40. The molecule has 1 saturated carbocycles. The molecule has 2 rings (SSSR count). The first-order valence-corrected chi connectivity index (χ1v) is 6.51. The quantitative estimate of drug-likeness (QED) is 0.865. The molecule has 0 amide bonds. The molecule has 0 heterocycles. The molecule has 94 valence electrons. The van der Waals surface area contributed by atoms with Crippen molar-refractivity contribution in [2.75, 3.05) is 12.4 Å². The van der Waals surface area contributed by atoms with E-state index in [2.05, 4.69) is 19.2 Å². The third-order valence-electron chi connectivity index (χ3n) is 3.75. The number of halogens is 1. The van der Waals surface area contributed by atoms with E-state index in [0.717, 1.165) is 16.5 Å². The average Bonchev–Trinajstić information content (AvgIpc) is 2.59. The second-order valence-corrected chi connectivity index (χ2v) is 5.86. The topological polar surface area (TPSA) is 21.3 Å². The average molecular weight is 254 g/mol. The van der Waals surface area contributed by atoms with Gasteiger partial charge in [0.25, 0.3) is 0 Å². The largest absolute Gasteiger partial charge is 0.495 e. The Morgan fingerprint density at radius 1 is 1.41 bits per heavy atom. The molecule has 0 bridgehead atoms. The van der Waals surface area contributed by atoms with Gasteiger partial charge in [0.15, 0.2) is 0 Å². The van der Waals surface area contributed by atoms with Crippen LogP contribution in [0.2, 0.25) is 5.02 Å². The van der Waals surface area contributed by atoms with Crippen LogP contribution in [0.5, 0.6) is 5.75 Å². The van der Waals surface area contributed by atoms with Gasteiger partial charge in [0, 0.05) is 11.1 Å². The van der Waals surface area contributed by atoms with E-state index in [4.69, 9.17) is 16.3 Å². The monoisotopic (exact) mass is 253 g/mol. The van der Waals surface area contributed by atoms with E-state index in [0.29, 0.717) is 11.5 Å². The highest BCUT2D eigenvalue weighted by molar-refractivity contribution is 6.30. The molecule has 1 atom stereocenters. The number of rotatable bonds is 3. The second kappa shape index (κ2) is 4.77. The molecule has 2 nitrogen and oxygen atoms in total. The molecule has 1 aromatic carbocycles. The van der Waals surface area contributed by atoms with E-state index in [-0.39, 0.29) is 0 Å². The number of hydrogen-bond donors (Lipinski definition) is 1. The maximum absolute atomic E-state index is 6.03. The summed E-state index contributed by atoms with van der Waals surface area (Å²) in [5.74, 6) is 0.858. The van der Waals surface area contributed by atoms with Crippen LogP contribution in [-0.4, -0.2) is 13.2 Å². The van der Waals surface area contributed by atoms with Gasteiger partial charge in [0.05, 0.1) is 12.8 Å². The lowest BCUT2D eigenvalue weighted by Gasteiger charge is -2.29. The molecule has 1 unspecified atom stereocenters. The van der Waals surface area contributed by atoms with Gasteiger partial charge in [-0.15, -0.1) is 0 Å². The maximum atomic E-state index is 6.03. The first-order chi connectivity index (χ1) is 8.03. The molecule has 0 aromatic heterocycles. The van der Waals surface area contributed by atoms with E-state index in [1.807, 2.05) is 18.2 Å². The van der Waals surface area contributed by atoms with Crippen molar-refractivity contribution in [3.8, 4) is 5.75 Å². The molecule has 1 aliphatic rings. The zero-order chi connectivity index (χ0) is 12.5. The lowest BCUT2D eigenvalue weighted by molar-refractivity contribution is 0.348. The molecular weight excluding hydrogens is 234 g/mol. The molecule has 1 fully saturated rings. The lowest BCUT2D eigenvalue weighted by atomic mass is 9.87. The molecule has 0 radical (unpaired) electrons. The van der Waals surface area contributed by atoms with Crippen LogP contribution in [0.4, 0.5) is 5.69 Å². The molecule has 0 aliphatic heterocycles. The Balaban J connectivity index is 2.20. The number of anilines is 1. The number of ether oxygens (including phenoxy) is 1. The molecule has 3 heteroatoms. The Morgan fingerprint density at radius 3 is 2.76 bits per heavy atom. The molecular formula is C14H20ClNO. The second-order valence-electron chi connectivity index (χ2n) is 5.42. The van der Waals surface area contributed by atoms with E-state index >= 15 is 0 Å². The normalized spacial score (nSPS) is 22.5. The summed E-state index contributed by atoms with van der Waals surface area (Å²) < 4.78 is 5.36. The fraction of sp³-hybridized carbons (Fsp3) is 0.571. The minimum Gasteiger partial charge on any atom is -0.495 e. The van der Waals surface area contributed by atoms with Crippen LogP contribution in [0.15, 0.2) is 18.2 Å². The van der Waals surface area contributed by atoms with Crippen molar-refractivity contribution in [3.63, 3.8) is 0 Å². The summed E-state index contributed by atoms with van der Waals surface area (Å²) in [7, 11) is 1.69. The van der Waals surface area contributed by atoms with Gasteiger partial charge < -0.3 is 10.1 Å². The fourth-order valence-electron chi connectivity index (χ4n) is 2.58. The summed E-state index contributed by atoms with van der Waals surface area (Å²) in [6.07, 6.45) is 3.77. The van der Waals surface area contributed by atoms with Crippen LogP contribution in [-0.2, 0) is 0 Å². The third-order valence-corrected chi connectivity index (χ3v) is 3.98. The van der Waals surface area contributed by atoms with E-state index in [1.165, 1.54) is 19.3 Å². The van der Waals surface area contributed by atoms with Crippen LogP contribution >= 0.6 is 11.6 Å². The number of benzene rings is 1. The lowest BCUT2D eigenvalue weighted by Crippen LogP contribution is -2.30. The number of hydrogen-bond acceptors (Lipinski definition) is 2. The Bertz CT molecular complexity index is 403. The third kappa shape index (κ3) is 2.68. The van der Waals surface area contributed by atoms with Gasteiger partial charge >= 0.3 is 0 Å². The van der Waals surface area contributed by atoms with Crippen molar-refractivity contribution >= 4 is 17.3 Å². The zero-order valence-corrected chi connectivity index (χ0v) is 11.5. The summed E-state index contributed by atoms with van der Waals surface area (Å²) in [5, 5.41) is 4.32. The van der Waals surface area contributed by atoms with Crippen molar-refractivity contribution in [3.05, 3.63) is 23.2 Å². The van der Waals surface area contributed by atoms with Crippen LogP contribution < -0.4 is 10.1 Å². The Morgan fingerprint density at radius 2 is 2.18 bits per heavy atom. The van der Waals surface area contributed by atoms with Gasteiger partial charge in [-0.2, -0.15) is 0 Å². The van der Waals surface area contributed by atoms with Crippen molar-refractivity contribution in [1.82, 2.24) is 0 Å². The van der Waals surface area contributed by atoms with Crippen LogP contribution in [0, 0.1) is 5.41 Å². The van der Waals surface area contributed by atoms with E-state index < -0.39 is 0 Å². The molecule has 0 spiro atoms. The molecule has 1 aromatic rings. The van der Waals surface area contributed by atoms with Crippen molar-refractivity contribution in [2.24, 2.45) is 5.41 Å². The van der Waals surface area contributed by atoms with Crippen LogP contribution in [0.25, 0.3) is 0 Å². The zero-order valence-electron chi connectivity index (χ0n) is 10.7. The fourth-order valence-corrected chi connectivity index (χ4v) is 2.75. The van der Waals surface area contributed by atoms with Gasteiger partial charge in [0.1, 0.15) is 5.75 Å². The Kier molecular flexibility index (Phi) is 3.53. The summed E-state index contributed by atoms with van der Waals surface area (Å²) >= 11 is 6.03. The van der Waals surface area contributed by atoms with Gasteiger partial charge in [-0.05, 0) is 36.5 Å². The number of methoxy groups -OCH3 is 1. The predicted octanol–water partition coefficient (Wildman–Crippen LogP) is 4.34. The SMILES string of the molecule is COc1ccc(Cl)cc1NC1CCCC1(C)C. The molecule has 0 saturated heterocycles. The minimum atomic E-state index is 0.341. The summed E-state index contributed by atoms with van der Waals surface area (Å²) in [5.41, 5.74) is 1.34. The first kappa shape index (κ1) is 12.6. The number of nitrogens with one attached hydrogen (secondary N) is 1. The smallest absolute Gasteiger partial charge is 0.142 e. The summed E-state index contributed by atoms with van der Waals surface area (Å²) in [6, 6.07) is 6.20. The van der Waals surface area contributed by atoms with Crippen molar-refractivity contribution < 1.29 is 4.74 Å². The predicted molar refractivity (Wildman–Crippen MR) is 73.0 cm³/mol. The van der Waals surface area contributed by atoms with E-state index in [9.17, 15) is 0 Å². The molecule has 1 aliphatic carbocycles. The summed E-state index contributed by atoms with van der Waals surface area (Å²) in [4.78, 5) is 0. The maximum Gasteiger partial charge on any atom is 0.142 e. The summed E-state index contributed by atoms with van der Waals surface area (Å²) in [6.45, 7) is 4.63. The Hall–Kier alpha value is -0.890. The first-order valence-electron chi connectivity index (χ1n) is 6.13. The van der Waals surface area contributed by atoms with Crippen molar-refractivity contribution in [2.45, 2.75) is 39.2 Å².